The second-order valence-electron chi connectivity index (χ2n) is 13.4. The number of piperidine rings is 1. The molecule has 0 N–H and O–H groups in total. The van der Waals surface area contributed by atoms with E-state index in [4.69, 9.17) is 9.72 Å². The number of hydrogen-bond donors (Lipinski definition) is 0. The lowest BCUT2D eigenvalue weighted by atomic mass is 9.90. The highest BCUT2D eigenvalue weighted by Gasteiger charge is 2.30. The summed E-state index contributed by atoms with van der Waals surface area (Å²) >= 11 is 0. The maximum atomic E-state index is 14.0. The molecule has 12 heteroatoms. The predicted molar refractivity (Wildman–Crippen MR) is 196 cm³/mol. The molecule has 1 fully saturated rings. The number of ketones is 1. The molecule has 11 nitrogen and oxygen atoms in total. The van der Waals surface area contributed by atoms with E-state index in [1.807, 2.05) is 53.1 Å². The fraction of sp³-hybridized carbons (Fsp3) is 0.325. The number of likely N-dealkylation sites (N-methyl/N-ethyl adjacent to an activating group) is 1. The molecule has 2 aromatic heterocycles. The number of nitrogens with zero attached hydrogens (tertiary/aromatic N) is 8. The molecule has 1 amide bonds. The van der Waals surface area contributed by atoms with Crippen LogP contribution in [0.15, 0.2) is 107 Å². The van der Waals surface area contributed by atoms with Crippen LogP contribution in [-0.4, -0.2) is 82.6 Å². The van der Waals surface area contributed by atoms with Gasteiger partial charge in [-0.25, -0.2) is 9.37 Å². The van der Waals surface area contributed by atoms with E-state index in [1.54, 1.807) is 55.7 Å². The van der Waals surface area contributed by atoms with Crippen molar-refractivity contribution in [3.63, 3.8) is 0 Å². The number of benzene rings is 3. The van der Waals surface area contributed by atoms with E-state index in [2.05, 4.69) is 25.3 Å². The van der Waals surface area contributed by atoms with Gasteiger partial charge in [0.15, 0.2) is 5.82 Å². The van der Waals surface area contributed by atoms with Crippen molar-refractivity contribution in [3.8, 4) is 5.75 Å². The number of pyridine rings is 1. The first-order chi connectivity index (χ1) is 25.4. The smallest absolute Gasteiger partial charge is 0.257 e. The maximum absolute atomic E-state index is 14.0. The summed E-state index contributed by atoms with van der Waals surface area (Å²) in [5.41, 5.74) is 4.78. The van der Waals surface area contributed by atoms with Gasteiger partial charge >= 0.3 is 0 Å². The summed E-state index contributed by atoms with van der Waals surface area (Å²) in [4.78, 5) is 41.2. The van der Waals surface area contributed by atoms with Crippen LogP contribution >= 0.6 is 0 Å². The molecule has 0 radical (unpaired) electrons. The molecule has 266 valence electrons. The Hall–Kier alpha value is -5.62. The molecule has 0 spiro atoms. The number of halogens is 1. The molecule has 1 saturated heterocycles. The van der Waals surface area contributed by atoms with Crippen LogP contribution in [0.25, 0.3) is 11.0 Å². The number of likely N-dealkylation sites (tertiary alicyclic amines) is 1. The van der Waals surface area contributed by atoms with E-state index in [0.717, 1.165) is 66.8 Å². The van der Waals surface area contributed by atoms with Crippen molar-refractivity contribution in [1.82, 2.24) is 24.3 Å². The minimum absolute atomic E-state index is 0.0506. The van der Waals surface area contributed by atoms with Crippen LogP contribution in [-0.2, 0) is 6.54 Å². The number of rotatable bonds is 13. The molecule has 2 unspecified atom stereocenters. The number of carbonyl (C=O) groups excluding carboxylic acids is 2. The number of fused-ring (bicyclic) bond motifs is 1. The Labute approximate surface area is 301 Å². The number of carbonyl (C=O) groups is 2. The molecule has 2 aliphatic heterocycles. The summed E-state index contributed by atoms with van der Waals surface area (Å²) in [5.74, 6) is 0.347. The van der Waals surface area contributed by atoms with Crippen molar-refractivity contribution in [1.29, 1.82) is 0 Å². The van der Waals surface area contributed by atoms with E-state index in [0.29, 0.717) is 30.2 Å². The highest BCUT2D eigenvalue weighted by molar-refractivity contribution is 5.98. The molecule has 0 bridgehead atoms. The molecular formula is C40H41FN8O3. The molecule has 2 atom stereocenters. The van der Waals surface area contributed by atoms with Crippen LogP contribution in [0.2, 0.25) is 0 Å². The third-order valence-electron chi connectivity index (χ3n) is 10.1. The van der Waals surface area contributed by atoms with Crippen LogP contribution in [0, 0.1) is 11.7 Å². The Kier molecular flexibility index (Phi) is 10.5. The van der Waals surface area contributed by atoms with Crippen LogP contribution < -0.4 is 4.74 Å². The van der Waals surface area contributed by atoms with Gasteiger partial charge < -0.3 is 19.1 Å². The number of ether oxygens (including phenoxy) is 1. The van der Waals surface area contributed by atoms with E-state index in [1.165, 1.54) is 12.1 Å². The van der Waals surface area contributed by atoms with Crippen molar-refractivity contribution in [2.75, 3.05) is 40.3 Å². The zero-order chi connectivity index (χ0) is 36.0. The Morgan fingerprint density at radius 3 is 2.52 bits per heavy atom. The Morgan fingerprint density at radius 2 is 1.79 bits per heavy atom. The van der Waals surface area contributed by atoms with Gasteiger partial charge in [-0.2, -0.15) is 5.11 Å². The third kappa shape index (κ3) is 7.67. The van der Waals surface area contributed by atoms with Crippen LogP contribution in [0.4, 0.5) is 4.39 Å². The van der Waals surface area contributed by atoms with Crippen molar-refractivity contribution in [3.05, 3.63) is 125 Å². The zero-order valence-electron chi connectivity index (χ0n) is 29.3. The average molecular weight is 701 g/mol. The second kappa shape index (κ2) is 15.7. The monoisotopic (exact) mass is 700 g/mol. The lowest BCUT2D eigenvalue weighted by Gasteiger charge is -2.33. The molecule has 7 rings (SSSR count). The summed E-state index contributed by atoms with van der Waals surface area (Å²) in [6, 6.07) is 25.2. The van der Waals surface area contributed by atoms with Gasteiger partial charge in [0, 0.05) is 31.6 Å². The molecule has 4 heterocycles. The first kappa shape index (κ1) is 34.8. The van der Waals surface area contributed by atoms with Crippen molar-refractivity contribution in [2.45, 2.75) is 37.8 Å². The lowest BCUT2D eigenvalue weighted by molar-refractivity contribution is 0.0776. The van der Waals surface area contributed by atoms with Gasteiger partial charge in [0.25, 0.3) is 5.91 Å². The number of methoxy groups -OCH3 is 1. The van der Waals surface area contributed by atoms with Crippen molar-refractivity contribution < 1.29 is 18.7 Å². The van der Waals surface area contributed by atoms with E-state index in [9.17, 15) is 14.0 Å². The molecule has 52 heavy (non-hydrogen) atoms. The number of Topliss-reactive ketones (excluding diaryl/α,β-unsaturated/α-hetero) is 1. The van der Waals surface area contributed by atoms with Crippen molar-refractivity contribution in [2.24, 2.45) is 21.4 Å². The van der Waals surface area contributed by atoms with Gasteiger partial charge in [0.1, 0.15) is 17.6 Å². The molecular weight excluding hydrogens is 659 g/mol. The SMILES string of the molecule is COc1ccc(C2C=NN=N2)cc1C(=O)N(C)CC(CCN1CCC(C(=O)c2nc3ccccc3n2Cc2ccccn2)CC1)c1ccc(F)cc1. The van der Waals surface area contributed by atoms with Gasteiger partial charge in [-0.3, -0.25) is 14.6 Å². The quantitative estimate of drug-likeness (QED) is 0.123. The first-order valence-electron chi connectivity index (χ1n) is 17.6. The van der Waals surface area contributed by atoms with Crippen LogP contribution in [0.5, 0.6) is 5.75 Å². The van der Waals surface area contributed by atoms with Gasteiger partial charge in [-0.15, -0.1) is 5.10 Å². The van der Waals surface area contributed by atoms with Gasteiger partial charge in [-0.05, 0) is 104 Å². The van der Waals surface area contributed by atoms with Gasteiger partial charge in [0.05, 0.1) is 42.2 Å². The number of aromatic nitrogens is 3. The van der Waals surface area contributed by atoms with Crippen LogP contribution in [0.3, 0.4) is 0 Å². The Morgan fingerprint density at radius 1 is 1.00 bits per heavy atom. The third-order valence-corrected chi connectivity index (χ3v) is 10.1. The number of hydrogen-bond acceptors (Lipinski definition) is 9. The first-order valence-corrected chi connectivity index (χ1v) is 17.6. The lowest BCUT2D eigenvalue weighted by Crippen LogP contribution is -2.39. The van der Waals surface area contributed by atoms with Crippen LogP contribution in [0.1, 0.15) is 69.0 Å². The molecule has 0 saturated carbocycles. The minimum Gasteiger partial charge on any atom is -0.496 e. The van der Waals surface area contributed by atoms with E-state index < -0.39 is 0 Å². The topological polar surface area (TPSA) is 118 Å². The number of amides is 1. The minimum atomic E-state index is -0.345. The second-order valence-corrected chi connectivity index (χ2v) is 13.4. The van der Waals surface area contributed by atoms with Gasteiger partial charge in [0.2, 0.25) is 5.78 Å². The van der Waals surface area contributed by atoms with Crippen molar-refractivity contribution >= 4 is 28.9 Å². The number of imidazole rings is 1. The summed E-state index contributed by atoms with van der Waals surface area (Å²) in [6.45, 7) is 3.21. The normalized spacial score (nSPS) is 16.7. The zero-order valence-corrected chi connectivity index (χ0v) is 29.3. The van der Waals surface area contributed by atoms with Gasteiger partial charge in [-0.1, -0.05) is 36.4 Å². The highest BCUT2D eigenvalue weighted by atomic mass is 19.1. The summed E-state index contributed by atoms with van der Waals surface area (Å²) < 4.78 is 21.5. The number of para-hydroxylation sites is 2. The fourth-order valence-electron chi connectivity index (χ4n) is 7.17. The maximum Gasteiger partial charge on any atom is 0.257 e. The van der Waals surface area contributed by atoms with E-state index >= 15 is 0 Å². The largest absolute Gasteiger partial charge is 0.496 e. The predicted octanol–water partition coefficient (Wildman–Crippen LogP) is 6.96. The fourth-order valence-corrected chi connectivity index (χ4v) is 7.17. The Bertz CT molecular complexity index is 2080. The molecule has 0 aliphatic carbocycles. The summed E-state index contributed by atoms with van der Waals surface area (Å²) in [6.07, 6.45) is 5.60. The standard InChI is InChI=1S/C40H41FN8O3/c1-47(40(51)33-23-29(12-15-37(33)52-2)35-24-43-46-45-35)25-30(27-10-13-31(41)14-11-27)18-22-48-20-16-28(17-21-48)38(50)39-44-34-8-3-4-9-36(34)49(39)26-32-7-5-6-19-42-32/h3-15,19,23-24,28,30,35H,16-18,20-22,25-26H2,1-2H3. The van der Waals surface area contributed by atoms with E-state index in [-0.39, 0.29) is 35.4 Å². The summed E-state index contributed by atoms with van der Waals surface area (Å²) in [5, 5.41) is 11.6. The average Bonchev–Trinajstić information content (AvgIpc) is 3.86. The molecule has 5 aromatic rings. The molecule has 2 aliphatic rings. The Balaban J connectivity index is 1.01. The highest BCUT2D eigenvalue weighted by Crippen LogP contribution is 2.30. The molecule has 3 aromatic carbocycles. The summed E-state index contributed by atoms with van der Waals surface area (Å²) in [7, 11) is 3.32.